The van der Waals surface area contributed by atoms with Crippen molar-refractivity contribution < 1.29 is 14.8 Å². The highest BCUT2D eigenvalue weighted by Crippen LogP contribution is 2.27. The molecule has 0 fully saturated rings. The Morgan fingerprint density at radius 3 is 2.88 bits per heavy atom. The molecule has 0 aromatic heterocycles. The lowest BCUT2D eigenvalue weighted by Gasteiger charge is -2.05. The molecule has 1 aromatic rings. The summed E-state index contributed by atoms with van der Waals surface area (Å²) in [5, 5.41) is 28.0. The normalized spacial score (nSPS) is 10.1. The molecule has 6 heteroatoms. The molecule has 1 rings (SSSR count). The fraction of sp³-hybridized carbons (Fsp3) is 0.182. The lowest BCUT2D eigenvalue weighted by molar-refractivity contribution is -0.385. The Bertz CT molecular complexity index is 477. The first-order valence-corrected chi connectivity index (χ1v) is 4.77. The number of aliphatic hydroxyl groups is 1. The van der Waals surface area contributed by atoms with Crippen LogP contribution in [-0.4, -0.2) is 23.2 Å². The van der Waals surface area contributed by atoms with Gasteiger partial charge in [-0.1, -0.05) is 12.1 Å². The van der Waals surface area contributed by atoms with E-state index in [9.17, 15) is 10.1 Å². The number of aliphatic hydroxyl groups excluding tert-OH is 1. The van der Waals surface area contributed by atoms with Crippen LogP contribution in [0.5, 0.6) is 5.75 Å². The van der Waals surface area contributed by atoms with Gasteiger partial charge in [-0.05, 0) is 12.1 Å². The summed E-state index contributed by atoms with van der Waals surface area (Å²) in [7, 11) is 0. The van der Waals surface area contributed by atoms with E-state index in [1.807, 2.05) is 0 Å². The average molecular weight is 234 g/mol. The summed E-state index contributed by atoms with van der Waals surface area (Å²) in [6.07, 6.45) is 3.03. The van der Waals surface area contributed by atoms with E-state index in [0.29, 0.717) is 0 Å². The molecule has 0 amide bonds. The van der Waals surface area contributed by atoms with Gasteiger partial charge in [-0.3, -0.25) is 10.1 Å². The third-order valence-corrected chi connectivity index (χ3v) is 1.92. The van der Waals surface area contributed by atoms with E-state index in [-0.39, 0.29) is 30.2 Å². The Balaban J connectivity index is 2.93. The largest absolute Gasteiger partial charge is 0.488 e. The minimum absolute atomic E-state index is 0.102. The third kappa shape index (κ3) is 3.29. The Kier molecular flexibility index (Phi) is 4.66. The first-order valence-electron chi connectivity index (χ1n) is 4.77. The molecule has 0 aliphatic heterocycles. The first kappa shape index (κ1) is 12.7. The van der Waals surface area contributed by atoms with Gasteiger partial charge in [0.25, 0.3) is 5.69 Å². The van der Waals surface area contributed by atoms with Gasteiger partial charge in [0.2, 0.25) is 0 Å². The van der Waals surface area contributed by atoms with Crippen molar-refractivity contribution in [2.75, 3.05) is 13.2 Å². The van der Waals surface area contributed by atoms with Gasteiger partial charge in [0, 0.05) is 6.07 Å². The summed E-state index contributed by atoms with van der Waals surface area (Å²) in [5.74, 6) is 0.157. The molecule has 0 atom stereocenters. The van der Waals surface area contributed by atoms with Gasteiger partial charge >= 0.3 is 0 Å². The molecular formula is C11H10N2O4. The van der Waals surface area contributed by atoms with Crippen molar-refractivity contribution in [3.63, 3.8) is 0 Å². The van der Waals surface area contributed by atoms with Crippen LogP contribution < -0.4 is 4.74 Å². The Hall–Kier alpha value is -2.39. The second kappa shape index (κ2) is 6.25. The topological polar surface area (TPSA) is 96.4 Å². The van der Waals surface area contributed by atoms with Gasteiger partial charge in [0.15, 0.2) is 5.56 Å². The predicted molar refractivity (Wildman–Crippen MR) is 59.5 cm³/mol. The highest BCUT2D eigenvalue weighted by Gasteiger charge is 2.17. The van der Waals surface area contributed by atoms with Gasteiger partial charge in [-0.15, -0.1) is 0 Å². The van der Waals surface area contributed by atoms with Crippen molar-refractivity contribution in [1.82, 2.24) is 0 Å². The molecule has 0 unspecified atom stereocenters. The van der Waals surface area contributed by atoms with Crippen molar-refractivity contribution in [1.29, 1.82) is 5.26 Å². The molecule has 1 aromatic carbocycles. The van der Waals surface area contributed by atoms with Crippen molar-refractivity contribution in [2.24, 2.45) is 0 Å². The lowest BCUT2D eigenvalue weighted by atomic mass is 10.2. The number of benzene rings is 1. The van der Waals surface area contributed by atoms with Gasteiger partial charge in [0.1, 0.15) is 18.4 Å². The molecule has 0 aliphatic carbocycles. The number of nitriles is 1. The molecule has 0 spiro atoms. The number of rotatable bonds is 5. The summed E-state index contributed by atoms with van der Waals surface area (Å²) in [5.41, 5.74) is -0.383. The molecule has 88 valence electrons. The second-order valence-electron chi connectivity index (χ2n) is 2.98. The van der Waals surface area contributed by atoms with Crippen LogP contribution in [0.15, 0.2) is 30.4 Å². The minimum atomic E-state index is -0.630. The van der Waals surface area contributed by atoms with Crippen molar-refractivity contribution in [2.45, 2.75) is 0 Å². The molecule has 17 heavy (non-hydrogen) atoms. The van der Waals surface area contributed by atoms with E-state index >= 15 is 0 Å². The molecule has 1 N–H and O–H groups in total. The number of nitrogens with zero attached hydrogens (tertiary/aromatic N) is 2. The van der Waals surface area contributed by atoms with Crippen LogP contribution in [0, 0.1) is 21.4 Å². The molecule has 6 nitrogen and oxygen atoms in total. The minimum Gasteiger partial charge on any atom is -0.488 e. The monoisotopic (exact) mass is 234 g/mol. The highest BCUT2D eigenvalue weighted by atomic mass is 16.6. The van der Waals surface area contributed by atoms with E-state index in [2.05, 4.69) is 0 Å². The van der Waals surface area contributed by atoms with Crippen LogP contribution in [0.25, 0.3) is 0 Å². The van der Waals surface area contributed by atoms with E-state index in [1.54, 1.807) is 12.1 Å². The summed E-state index contributed by atoms with van der Waals surface area (Å²) in [6, 6.07) is 5.92. The van der Waals surface area contributed by atoms with E-state index < -0.39 is 4.92 Å². The highest BCUT2D eigenvalue weighted by molar-refractivity contribution is 5.56. The van der Waals surface area contributed by atoms with Crippen LogP contribution in [-0.2, 0) is 0 Å². The average Bonchev–Trinajstić information content (AvgIpc) is 2.34. The molecule has 0 saturated heterocycles. The zero-order chi connectivity index (χ0) is 12.7. The molecule has 0 bridgehead atoms. The van der Waals surface area contributed by atoms with Crippen molar-refractivity contribution in [3.8, 4) is 11.8 Å². The Morgan fingerprint density at radius 2 is 2.29 bits per heavy atom. The molecule has 0 heterocycles. The Morgan fingerprint density at radius 1 is 1.53 bits per heavy atom. The first-order chi connectivity index (χ1) is 8.20. The summed E-state index contributed by atoms with van der Waals surface area (Å²) in [6.45, 7) is 0.0276. The number of hydrogen-bond acceptors (Lipinski definition) is 5. The fourth-order valence-electron chi connectivity index (χ4n) is 1.18. The summed E-state index contributed by atoms with van der Waals surface area (Å²) < 4.78 is 5.20. The second-order valence-corrected chi connectivity index (χ2v) is 2.98. The van der Waals surface area contributed by atoms with Crippen LogP contribution in [0.4, 0.5) is 5.69 Å². The van der Waals surface area contributed by atoms with E-state index in [0.717, 1.165) is 0 Å². The third-order valence-electron chi connectivity index (χ3n) is 1.92. The molecule has 0 saturated carbocycles. The zero-order valence-corrected chi connectivity index (χ0v) is 8.87. The number of nitro groups is 1. The SMILES string of the molecule is N#Cc1c(OCC=CCO)cccc1[N+](=O)[O-]. The quantitative estimate of drug-likeness (QED) is 0.471. The molecular weight excluding hydrogens is 224 g/mol. The van der Waals surface area contributed by atoms with Crippen LogP contribution >= 0.6 is 0 Å². The maximum absolute atomic E-state index is 10.7. The van der Waals surface area contributed by atoms with E-state index in [4.69, 9.17) is 15.1 Å². The van der Waals surface area contributed by atoms with Gasteiger partial charge < -0.3 is 9.84 Å². The van der Waals surface area contributed by atoms with Gasteiger partial charge in [-0.2, -0.15) is 5.26 Å². The number of hydrogen-bond donors (Lipinski definition) is 1. The maximum Gasteiger partial charge on any atom is 0.290 e. The van der Waals surface area contributed by atoms with Crippen LogP contribution in [0.3, 0.4) is 0 Å². The molecule has 0 aliphatic rings. The molecule has 0 radical (unpaired) electrons. The number of nitro benzene ring substituents is 1. The smallest absolute Gasteiger partial charge is 0.290 e. The van der Waals surface area contributed by atoms with Gasteiger partial charge in [-0.25, -0.2) is 0 Å². The van der Waals surface area contributed by atoms with Crippen LogP contribution in [0.1, 0.15) is 5.56 Å². The summed E-state index contributed by atoms with van der Waals surface area (Å²) >= 11 is 0. The van der Waals surface area contributed by atoms with Gasteiger partial charge in [0.05, 0.1) is 11.5 Å². The van der Waals surface area contributed by atoms with Crippen molar-refractivity contribution in [3.05, 3.63) is 46.0 Å². The lowest BCUT2D eigenvalue weighted by Crippen LogP contribution is -1.99. The Labute approximate surface area is 97.5 Å². The van der Waals surface area contributed by atoms with Crippen molar-refractivity contribution >= 4 is 5.69 Å². The summed E-state index contributed by atoms with van der Waals surface area (Å²) in [4.78, 5) is 10.0. The fourth-order valence-corrected chi connectivity index (χ4v) is 1.18. The van der Waals surface area contributed by atoms with E-state index in [1.165, 1.54) is 24.3 Å². The standard InChI is InChI=1S/C11H10N2O4/c12-8-9-10(13(15)16)4-3-5-11(9)17-7-2-1-6-14/h1-5,14H,6-7H2. The maximum atomic E-state index is 10.7. The van der Waals surface area contributed by atoms with Crippen LogP contribution in [0.2, 0.25) is 0 Å². The zero-order valence-electron chi connectivity index (χ0n) is 8.87. The predicted octanol–water partition coefficient (Wildman–Crippen LogP) is 1.39. The number of ether oxygens (including phenoxy) is 1.